The van der Waals surface area contributed by atoms with Gasteiger partial charge >= 0.3 is 7.82 Å². The average molecular weight is 316 g/mol. The van der Waals surface area contributed by atoms with Gasteiger partial charge in [0.05, 0.1) is 0 Å². The van der Waals surface area contributed by atoms with Gasteiger partial charge in [-0.1, -0.05) is 25.4 Å². The van der Waals surface area contributed by atoms with Gasteiger partial charge in [0.2, 0.25) is 3.97 Å². The van der Waals surface area contributed by atoms with E-state index in [4.69, 9.17) is 33.0 Å². The standard InChI is InChI=1S/C5H10BrCl2O4P/c1-4(2,3-7)5(6,8)12-13(9,10)11/h3H2,1-2H3,(H2,9,10,11). The number of alkyl halides is 3. The van der Waals surface area contributed by atoms with Crippen LogP contribution < -0.4 is 0 Å². The molecule has 0 spiro atoms. The lowest BCUT2D eigenvalue weighted by molar-refractivity contribution is 0.0921. The Morgan fingerprint density at radius 2 is 1.92 bits per heavy atom. The number of rotatable bonds is 4. The van der Waals surface area contributed by atoms with E-state index in [1.165, 1.54) is 0 Å². The number of phosphoric acid groups is 1. The van der Waals surface area contributed by atoms with E-state index in [0.29, 0.717) is 0 Å². The molecule has 0 bridgehead atoms. The first-order valence-corrected chi connectivity index (χ1v) is 6.45. The Morgan fingerprint density at radius 1 is 1.54 bits per heavy atom. The van der Waals surface area contributed by atoms with Crippen molar-refractivity contribution in [1.29, 1.82) is 0 Å². The molecule has 80 valence electrons. The fraction of sp³-hybridized carbons (Fsp3) is 1.00. The molecule has 0 heterocycles. The van der Waals surface area contributed by atoms with Crippen LogP contribution in [0.15, 0.2) is 0 Å². The molecule has 4 nitrogen and oxygen atoms in total. The summed E-state index contributed by atoms with van der Waals surface area (Å²) in [6.45, 7) is 3.22. The van der Waals surface area contributed by atoms with Crippen molar-refractivity contribution in [2.24, 2.45) is 5.41 Å². The highest BCUT2D eigenvalue weighted by Crippen LogP contribution is 2.53. The second-order valence-electron chi connectivity index (χ2n) is 3.12. The molecule has 0 saturated heterocycles. The molecule has 0 aliphatic heterocycles. The molecule has 0 aromatic rings. The first kappa shape index (κ1) is 14.2. The highest BCUT2D eigenvalue weighted by molar-refractivity contribution is 9.10. The van der Waals surface area contributed by atoms with E-state index in [2.05, 4.69) is 20.5 Å². The Hall–Kier alpha value is 1.17. The molecule has 0 aromatic heterocycles. The largest absolute Gasteiger partial charge is 0.471 e. The van der Waals surface area contributed by atoms with Crippen molar-refractivity contribution in [3.8, 4) is 0 Å². The van der Waals surface area contributed by atoms with Gasteiger partial charge in [-0.2, -0.15) is 0 Å². The number of hydrogen-bond acceptors (Lipinski definition) is 2. The minimum atomic E-state index is -4.63. The summed E-state index contributed by atoms with van der Waals surface area (Å²) >= 11 is 14.2. The van der Waals surface area contributed by atoms with Crippen molar-refractivity contribution >= 4 is 47.0 Å². The maximum atomic E-state index is 10.5. The summed E-state index contributed by atoms with van der Waals surface area (Å²) in [5, 5.41) is 0. The third kappa shape index (κ3) is 4.47. The topological polar surface area (TPSA) is 66.8 Å². The quantitative estimate of drug-likeness (QED) is 0.618. The van der Waals surface area contributed by atoms with E-state index >= 15 is 0 Å². The number of hydrogen-bond donors (Lipinski definition) is 2. The Labute approximate surface area is 94.9 Å². The van der Waals surface area contributed by atoms with Crippen LogP contribution in [0.4, 0.5) is 0 Å². The van der Waals surface area contributed by atoms with E-state index in [1.54, 1.807) is 13.8 Å². The van der Waals surface area contributed by atoms with Gasteiger partial charge in [0, 0.05) is 11.3 Å². The van der Waals surface area contributed by atoms with Crippen LogP contribution in [-0.2, 0) is 9.09 Å². The summed E-state index contributed by atoms with van der Waals surface area (Å²) in [5.41, 5.74) is -0.822. The zero-order chi connectivity index (χ0) is 10.9. The molecule has 1 atom stereocenters. The van der Waals surface area contributed by atoms with Gasteiger partial charge in [0.15, 0.2) is 0 Å². The van der Waals surface area contributed by atoms with Gasteiger partial charge in [-0.15, -0.1) is 11.6 Å². The minimum Gasteiger partial charge on any atom is -0.303 e. The van der Waals surface area contributed by atoms with Crippen LogP contribution in [-0.4, -0.2) is 19.6 Å². The lowest BCUT2D eigenvalue weighted by Crippen LogP contribution is -2.37. The molecule has 0 fully saturated rings. The molecule has 0 aromatic carbocycles. The molecule has 0 saturated carbocycles. The third-order valence-electron chi connectivity index (χ3n) is 1.36. The molecule has 0 aliphatic carbocycles. The number of halogens is 3. The molecule has 0 rings (SSSR count). The van der Waals surface area contributed by atoms with Crippen molar-refractivity contribution in [3.63, 3.8) is 0 Å². The Morgan fingerprint density at radius 3 is 2.15 bits per heavy atom. The van der Waals surface area contributed by atoms with Crippen LogP contribution in [0.25, 0.3) is 0 Å². The summed E-state index contributed by atoms with van der Waals surface area (Å²) in [6.07, 6.45) is 0. The zero-order valence-corrected chi connectivity index (χ0v) is 11.0. The van der Waals surface area contributed by atoms with Gasteiger partial charge in [-0.3, -0.25) is 4.52 Å². The summed E-state index contributed by atoms with van der Waals surface area (Å²) < 4.78 is 13.2. The lowest BCUT2D eigenvalue weighted by Gasteiger charge is -2.35. The predicted molar refractivity (Wildman–Crippen MR) is 55.1 cm³/mol. The third-order valence-corrected chi connectivity index (χ3v) is 4.72. The van der Waals surface area contributed by atoms with Crippen LogP contribution in [0.2, 0.25) is 0 Å². The highest BCUT2D eigenvalue weighted by atomic mass is 79.9. The maximum absolute atomic E-state index is 10.5. The van der Waals surface area contributed by atoms with Crippen molar-refractivity contribution in [2.75, 3.05) is 5.88 Å². The fourth-order valence-corrected chi connectivity index (χ4v) is 2.36. The van der Waals surface area contributed by atoms with Crippen LogP contribution in [0.5, 0.6) is 0 Å². The van der Waals surface area contributed by atoms with Crippen LogP contribution in [0.1, 0.15) is 13.8 Å². The van der Waals surface area contributed by atoms with E-state index in [1.807, 2.05) is 0 Å². The second-order valence-corrected chi connectivity index (χ2v) is 6.65. The van der Waals surface area contributed by atoms with Gasteiger partial charge in [0.25, 0.3) is 0 Å². The Balaban J connectivity index is 4.68. The van der Waals surface area contributed by atoms with E-state index in [-0.39, 0.29) is 5.88 Å². The van der Waals surface area contributed by atoms with Crippen LogP contribution in [0.3, 0.4) is 0 Å². The van der Waals surface area contributed by atoms with Crippen molar-refractivity contribution in [3.05, 3.63) is 0 Å². The van der Waals surface area contributed by atoms with Crippen molar-refractivity contribution in [2.45, 2.75) is 17.8 Å². The fourth-order valence-electron chi connectivity index (χ4n) is 0.351. The van der Waals surface area contributed by atoms with Gasteiger partial charge in [-0.05, 0) is 15.9 Å². The Bertz CT molecular complexity index is 227. The van der Waals surface area contributed by atoms with E-state index in [0.717, 1.165) is 0 Å². The van der Waals surface area contributed by atoms with Gasteiger partial charge in [-0.25, -0.2) is 4.57 Å². The summed E-state index contributed by atoms with van der Waals surface area (Å²) in [6, 6.07) is 0. The second kappa shape index (κ2) is 4.35. The number of phosphoric ester groups is 1. The summed E-state index contributed by atoms with van der Waals surface area (Å²) in [7, 11) is -4.63. The minimum absolute atomic E-state index is 0.0851. The van der Waals surface area contributed by atoms with Crippen molar-refractivity contribution in [1.82, 2.24) is 0 Å². The average Bonchev–Trinajstić information content (AvgIpc) is 1.81. The first-order chi connectivity index (χ1) is 5.52. The normalized spacial score (nSPS) is 18.4. The monoisotopic (exact) mass is 314 g/mol. The SMILES string of the molecule is CC(C)(CCl)C(Cl)(Br)OP(=O)(O)O. The van der Waals surface area contributed by atoms with Gasteiger partial charge in [0.1, 0.15) is 0 Å². The lowest BCUT2D eigenvalue weighted by atomic mass is 9.98. The van der Waals surface area contributed by atoms with Gasteiger partial charge < -0.3 is 9.79 Å². The first-order valence-electron chi connectivity index (χ1n) is 3.22. The molecule has 2 N–H and O–H groups in total. The van der Waals surface area contributed by atoms with Crippen molar-refractivity contribution < 1.29 is 18.9 Å². The van der Waals surface area contributed by atoms with Crippen LogP contribution >= 0.6 is 47.0 Å². The highest BCUT2D eigenvalue weighted by Gasteiger charge is 2.46. The van der Waals surface area contributed by atoms with E-state index in [9.17, 15) is 4.57 Å². The Kier molecular flexibility index (Phi) is 4.74. The predicted octanol–water partition coefficient (Wildman–Crippen LogP) is 2.65. The molecule has 0 aliphatic rings. The molecule has 0 amide bonds. The van der Waals surface area contributed by atoms with E-state index < -0.39 is 17.2 Å². The zero-order valence-electron chi connectivity index (χ0n) is 7.00. The molecular formula is C5H10BrCl2O4P. The summed E-state index contributed by atoms with van der Waals surface area (Å²) in [4.78, 5) is 17.1. The molecular weight excluding hydrogens is 306 g/mol. The molecule has 1 unspecified atom stereocenters. The molecule has 0 radical (unpaired) electrons. The van der Waals surface area contributed by atoms with Crippen LogP contribution in [0, 0.1) is 5.41 Å². The smallest absolute Gasteiger partial charge is 0.303 e. The summed E-state index contributed by atoms with van der Waals surface area (Å²) in [5.74, 6) is 0.0851. The molecule has 8 heteroatoms. The molecule has 13 heavy (non-hydrogen) atoms. The maximum Gasteiger partial charge on any atom is 0.471 e.